The monoisotopic (exact) mass is 554 g/mol. The Labute approximate surface area is 235 Å². The number of benzene rings is 4. The van der Waals surface area contributed by atoms with Crippen LogP contribution in [0.1, 0.15) is 18.4 Å². The van der Waals surface area contributed by atoms with Gasteiger partial charge in [-0.25, -0.2) is 0 Å². The van der Waals surface area contributed by atoms with Crippen molar-refractivity contribution in [2.24, 2.45) is 5.10 Å². The summed E-state index contributed by atoms with van der Waals surface area (Å²) in [5, 5.41) is 18.5. The van der Waals surface area contributed by atoms with Crippen molar-refractivity contribution < 1.29 is 5.11 Å². The van der Waals surface area contributed by atoms with E-state index >= 15 is 0 Å². The van der Waals surface area contributed by atoms with E-state index in [-0.39, 0.29) is 6.61 Å². The van der Waals surface area contributed by atoms with Crippen molar-refractivity contribution in [2.75, 3.05) is 34.0 Å². The normalized spacial score (nSPS) is 18.8. The summed E-state index contributed by atoms with van der Waals surface area (Å²) in [6.45, 7) is 1.57. The molecular weight excluding hydrogens is 523 g/mol. The van der Waals surface area contributed by atoms with Gasteiger partial charge in [0, 0.05) is 0 Å². The Bertz CT molecular complexity index is 1430. The number of para-hydroxylation sites is 3. The Morgan fingerprint density at radius 2 is 1.13 bits per heavy atom. The zero-order valence-corrected chi connectivity index (χ0v) is 23.4. The van der Waals surface area contributed by atoms with Gasteiger partial charge in [-0.05, 0) is 0 Å². The van der Waals surface area contributed by atoms with E-state index in [1.165, 1.54) is 0 Å². The van der Waals surface area contributed by atoms with E-state index in [1.54, 1.807) is 0 Å². The molecule has 0 unspecified atom stereocenters. The van der Waals surface area contributed by atoms with E-state index in [4.69, 9.17) is 16.3 Å². The molecule has 2 heterocycles. The minimum atomic E-state index is -3.91. The summed E-state index contributed by atoms with van der Waals surface area (Å²) >= 11 is 8.60. The van der Waals surface area contributed by atoms with E-state index in [2.05, 4.69) is 88.3 Å². The minimum absolute atomic E-state index is 0.0839. The van der Waals surface area contributed by atoms with Gasteiger partial charge in [-0.2, -0.15) is 0 Å². The molecule has 0 saturated carbocycles. The van der Waals surface area contributed by atoms with E-state index in [1.807, 2.05) is 53.5 Å². The number of aliphatic hydroxyl groups is 1. The maximum atomic E-state index is 10.0. The number of nitrogens with zero attached hydrogens (tertiary/aromatic N) is 4. The van der Waals surface area contributed by atoms with E-state index in [0.29, 0.717) is 12.8 Å². The van der Waals surface area contributed by atoms with E-state index < -0.39 is 6.26 Å². The molecule has 7 heteroatoms. The summed E-state index contributed by atoms with van der Waals surface area (Å²) in [5.41, 5.74) is 4.94. The van der Waals surface area contributed by atoms with Crippen molar-refractivity contribution in [3.63, 3.8) is 0 Å². The molecule has 198 valence electrons. The molecule has 0 atom stereocenters. The van der Waals surface area contributed by atoms with Crippen molar-refractivity contribution in [2.45, 2.75) is 12.8 Å². The topological polar surface area (TPSA) is 42.3 Å². The van der Waals surface area contributed by atoms with Crippen LogP contribution in [0.3, 0.4) is 0 Å². The van der Waals surface area contributed by atoms with Crippen LogP contribution < -0.4 is 14.3 Å². The molecule has 0 bridgehead atoms. The summed E-state index contributed by atoms with van der Waals surface area (Å²) in [6.07, 6.45) is -0.543. The SMILES string of the molecule is OCCCC1=CN(c2ccccc2)N=C(c2ccccc2)P12(Cl)N(c1ccccc1)CCN2c1ccccc1. The molecule has 2 aliphatic heterocycles. The Hall–Kier alpha value is -3.63. The number of hydrazone groups is 1. The van der Waals surface area contributed by atoms with Gasteiger partial charge in [0.15, 0.2) is 0 Å². The molecule has 0 amide bonds. The van der Waals surface area contributed by atoms with Crippen LogP contribution in [0, 0.1) is 0 Å². The number of hydrogen-bond donors (Lipinski definition) is 1. The second-order valence-electron chi connectivity index (χ2n) is 9.76. The Balaban J connectivity index is 1.70. The second-order valence-corrected chi connectivity index (χ2v) is 15.5. The fourth-order valence-electron chi connectivity index (χ4n) is 5.80. The quantitative estimate of drug-likeness (QED) is 0.235. The fourth-order valence-corrected chi connectivity index (χ4v) is 12.9. The van der Waals surface area contributed by atoms with Crippen molar-refractivity contribution in [1.82, 2.24) is 0 Å². The number of halogens is 1. The maximum absolute atomic E-state index is 10.0. The molecule has 6 rings (SSSR count). The van der Waals surface area contributed by atoms with Gasteiger partial charge < -0.3 is 0 Å². The van der Waals surface area contributed by atoms with E-state index in [9.17, 15) is 5.11 Å². The number of rotatable bonds is 7. The third-order valence-electron chi connectivity index (χ3n) is 7.52. The summed E-state index contributed by atoms with van der Waals surface area (Å²) in [6, 6.07) is 41.4. The number of aliphatic hydroxyl groups excluding tert-OH is 1. The molecule has 39 heavy (non-hydrogen) atoms. The first-order valence-electron chi connectivity index (χ1n) is 13.4. The van der Waals surface area contributed by atoms with Gasteiger partial charge in [0.05, 0.1) is 0 Å². The molecule has 0 aromatic heterocycles. The first-order valence-corrected chi connectivity index (χ1v) is 16.4. The Morgan fingerprint density at radius 3 is 1.62 bits per heavy atom. The van der Waals surface area contributed by atoms with Gasteiger partial charge in [-0.1, -0.05) is 0 Å². The number of hydrogen-bond acceptors (Lipinski definition) is 5. The van der Waals surface area contributed by atoms with Gasteiger partial charge in [0.1, 0.15) is 0 Å². The summed E-state index contributed by atoms with van der Waals surface area (Å²) < 4.78 is 4.83. The van der Waals surface area contributed by atoms with Crippen molar-refractivity contribution in [3.05, 3.63) is 138 Å². The van der Waals surface area contributed by atoms with Crippen LogP contribution in [0.5, 0.6) is 0 Å². The number of anilines is 3. The van der Waals surface area contributed by atoms with Crippen LogP contribution in [-0.4, -0.2) is 30.3 Å². The van der Waals surface area contributed by atoms with Crippen LogP contribution in [0.25, 0.3) is 0 Å². The predicted octanol–water partition coefficient (Wildman–Crippen LogP) is 8.05. The molecule has 1 fully saturated rings. The third kappa shape index (κ3) is 4.13. The van der Waals surface area contributed by atoms with Gasteiger partial charge in [0.25, 0.3) is 0 Å². The summed E-state index contributed by atoms with van der Waals surface area (Å²) in [4.78, 5) is 0. The molecule has 0 aliphatic carbocycles. The summed E-state index contributed by atoms with van der Waals surface area (Å²) in [7, 11) is 0. The first-order chi connectivity index (χ1) is 19.1. The molecule has 1 spiro atoms. The van der Waals surface area contributed by atoms with Crippen molar-refractivity contribution in [3.8, 4) is 0 Å². The van der Waals surface area contributed by atoms with Crippen LogP contribution in [0.15, 0.2) is 138 Å². The van der Waals surface area contributed by atoms with Crippen molar-refractivity contribution >= 4 is 40.0 Å². The van der Waals surface area contributed by atoms with Crippen LogP contribution in [0.4, 0.5) is 17.1 Å². The Kier molecular flexibility index (Phi) is 6.90. The zero-order chi connectivity index (χ0) is 26.7. The van der Waals surface area contributed by atoms with Gasteiger partial charge in [0.2, 0.25) is 0 Å². The molecule has 0 radical (unpaired) electrons. The third-order valence-corrected chi connectivity index (χ3v) is 14.8. The van der Waals surface area contributed by atoms with E-state index in [0.717, 1.165) is 46.5 Å². The predicted molar refractivity (Wildman–Crippen MR) is 167 cm³/mol. The van der Waals surface area contributed by atoms with Gasteiger partial charge in [-0.3, -0.25) is 0 Å². The average molecular weight is 555 g/mol. The number of allylic oxidation sites excluding steroid dienone is 1. The first kappa shape index (κ1) is 25.6. The van der Waals surface area contributed by atoms with Gasteiger partial charge in [-0.15, -0.1) is 0 Å². The second kappa shape index (κ2) is 10.5. The fraction of sp³-hybridized carbons (Fsp3) is 0.156. The zero-order valence-electron chi connectivity index (χ0n) is 21.7. The molecule has 4 aromatic carbocycles. The molecule has 4 aromatic rings. The molecular formula is C32H32ClN4OP. The molecule has 5 nitrogen and oxygen atoms in total. The average Bonchev–Trinajstić information content (AvgIpc) is 3.32. The Morgan fingerprint density at radius 1 is 0.667 bits per heavy atom. The van der Waals surface area contributed by atoms with Gasteiger partial charge >= 0.3 is 236 Å². The van der Waals surface area contributed by atoms with Crippen LogP contribution in [-0.2, 0) is 0 Å². The van der Waals surface area contributed by atoms with Crippen LogP contribution in [0.2, 0.25) is 0 Å². The molecule has 1 saturated heterocycles. The van der Waals surface area contributed by atoms with Crippen LogP contribution >= 0.6 is 17.5 Å². The molecule has 2 aliphatic rings. The summed E-state index contributed by atoms with van der Waals surface area (Å²) in [5.74, 6) is 0. The molecule has 1 N–H and O–H groups in total. The van der Waals surface area contributed by atoms with Crippen molar-refractivity contribution in [1.29, 1.82) is 0 Å². The standard InChI is InChI=1S/C32H32ClN4OP/c33-39(36(29-18-9-3-10-19-29)23-24-37(39)30-20-11-4-12-21-30)31(22-13-25-38)26-35(28-16-7-2-8-17-28)34-32(39)27-14-5-1-6-15-27/h1-12,14-21,26,38H,13,22-25H2.